The average molecular weight is 203 g/mol. The summed E-state index contributed by atoms with van der Waals surface area (Å²) in [4.78, 5) is 14.7. The Labute approximate surface area is 81.2 Å². The third-order valence-electron chi connectivity index (χ3n) is 2.86. The minimum atomic E-state index is -0.757. The molecule has 4 atom stereocenters. The van der Waals surface area contributed by atoms with Crippen LogP contribution >= 0.6 is 0 Å². The first-order valence-corrected chi connectivity index (χ1v) is 4.73. The Hall–Kier alpha value is -0.880. The minimum absolute atomic E-state index is 0.0205. The highest BCUT2D eigenvalue weighted by Gasteiger charge is 2.45. The van der Waals surface area contributed by atoms with Gasteiger partial charge >= 0.3 is 0 Å². The lowest BCUT2D eigenvalue weighted by atomic mass is 9.97. The van der Waals surface area contributed by atoms with Crippen molar-refractivity contribution in [2.45, 2.75) is 31.7 Å². The Bertz CT molecular complexity index is 234. The number of ether oxygens (including phenoxy) is 2. The van der Waals surface area contributed by atoms with Gasteiger partial charge in [0.1, 0.15) is 6.10 Å². The van der Waals surface area contributed by atoms with E-state index in [4.69, 9.17) is 9.47 Å². The molecule has 0 N–H and O–H groups in total. The van der Waals surface area contributed by atoms with Crippen LogP contribution in [0.4, 0.5) is 0 Å². The molecule has 0 radical (unpaired) electrons. The smallest absolute Gasteiger partial charge is 0.294 e. The van der Waals surface area contributed by atoms with Crippen molar-refractivity contribution >= 4 is 0 Å². The second-order valence-corrected chi connectivity index (χ2v) is 3.69. The van der Waals surface area contributed by atoms with Crippen molar-refractivity contribution in [2.24, 2.45) is 5.92 Å². The highest BCUT2D eigenvalue weighted by Crippen LogP contribution is 2.33. The van der Waals surface area contributed by atoms with E-state index in [-0.39, 0.29) is 18.1 Å². The van der Waals surface area contributed by atoms with Gasteiger partial charge in [-0.15, -0.1) is 10.1 Å². The molecule has 0 bridgehead atoms. The Morgan fingerprint density at radius 1 is 1.57 bits per heavy atom. The summed E-state index contributed by atoms with van der Waals surface area (Å²) in [6, 6.07) is 0. The molecule has 2 saturated heterocycles. The number of hydrogen-bond donors (Lipinski definition) is 0. The van der Waals surface area contributed by atoms with Crippen LogP contribution in [0.5, 0.6) is 0 Å². The molecule has 6 heteroatoms. The Morgan fingerprint density at radius 2 is 2.36 bits per heavy atom. The van der Waals surface area contributed by atoms with E-state index in [1.807, 2.05) is 0 Å². The summed E-state index contributed by atoms with van der Waals surface area (Å²) < 4.78 is 10.9. The summed E-state index contributed by atoms with van der Waals surface area (Å²) in [5.74, 6) is -0.0205. The second kappa shape index (κ2) is 3.70. The summed E-state index contributed by atoms with van der Waals surface area (Å²) >= 11 is 0. The van der Waals surface area contributed by atoms with E-state index in [0.29, 0.717) is 13.2 Å². The van der Waals surface area contributed by atoms with Crippen molar-refractivity contribution in [3.05, 3.63) is 10.1 Å². The lowest BCUT2D eigenvalue weighted by molar-refractivity contribution is -0.769. The molecule has 2 fully saturated rings. The standard InChI is InChI=1S/C8H13NO5/c1-5(14-9(10)11)6-4-13-7-2-3-12-8(6)7/h5-8H,2-4H2,1H3/t5-,6?,7+,8+/m0/s1. The van der Waals surface area contributed by atoms with E-state index in [1.165, 1.54) is 0 Å². The third-order valence-corrected chi connectivity index (χ3v) is 2.86. The van der Waals surface area contributed by atoms with Crippen molar-refractivity contribution in [1.29, 1.82) is 0 Å². The molecular weight excluding hydrogens is 190 g/mol. The first kappa shape index (κ1) is 9.67. The summed E-state index contributed by atoms with van der Waals surface area (Å²) in [5.41, 5.74) is 0. The topological polar surface area (TPSA) is 70.8 Å². The number of fused-ring (bicyclic) bond motifs is 1. The predicted octanol–water partition coefficient (Wildman–Crippen LogP) is 0.387. The maximum absolute atomic E-state index is 10.2. The van der Waals surface area contributed by atoms with E-state index in [2.05, 4.69) is 4.84 Å². The van der Waals surface area contributed by atoms with E-state index in [1.54, 1.807) is 6.92 Å². The van der Waals surface area contributed by atoms with Gasteiger partial charge in [0, 0.05) is 12.5 Å². The van der Waals surface area contributed by atoms with E-state index >= 15 is 0 Å². The van der Waals surface area contributed by atoms with Gasteiger partial charge in [-0.2, -0.15) is 0 Å². The van der Waals surface area contributed by atoms with E-state index < -0.39 is 11.2 Å². The van der Waals surface area contributed by atoms with Crippen LogP contribution in [0, 0.1) is 16.0 Å². The zero-order chi connectivity index (χ0) is 10.1. The van der Waals surface area contributed by atoms with Crippen molar-refractivity contribution in [2.75, 3.05) is 13.2 Å². The van der Waals surface area contributed by atoms with Crippen molar-refractivity contribution < 1.29 is 19.4 Å². The molecular formula is C8H13NO5. The van der Waals surface area contributed by atoms with Gasteiger partial charge in [0.05, 0.1) is 18.8 Å². The van der Waals surface area contributed by atoms with Crippen LogP contribution in [0.15, 0.2) is 0 Å². The normalized spacial score (nSPS) is 37.9. The quantitative estimate of drug-likeness (QED) is 0.490. The summed E-state index contributed by atoms with van der Waals surface area (Å²) in [5, 5.41) is 9.40. The van der Waals surface area contributed by atoms with Gasteiger partial charge in [-0.3, -0.25) is 0 Å². The SMILES string of the molecule is C[C@H](O[N+](=O)[O-])C1CO[C@@H]2CCO[C@H]12. The molecule has 1 unspecified atom stereocenters. The summed E-state index contributed by atoms with van der Waals surface area (Å²) in [7, 11) is 0. The molecule has 0 saturated carbocycles. The number of nitrogens with zero attached hydrogens (tertiary/aromatic N) is 1. The van der Waals surface area contributed by atoms with E-state index in [9.17, 15) is 10.1 Å². The molecule has 2 aliphatic rings. The Kier molecular flexibility index (Phi) is 2.56. The van der Waals surface area contributed by atoms with Crippen molar-refractivity contribution in [3.8, 4) is 0 Å². The molecule has 2 rings (SSSR count). The summed E-state index contributed by atoms with van der Waals surface area (Å²) in [6.45, 7) is 2.85. The third kappa shape index (κ3) is 1.67. The molecule has 0 spiro atoms. The van der Waals surface area contributed by atoms with Crippen LogP contribution in [0.3, 0.4) is 0 Å². The highest BCUT2D eigenvalue weighted by molar-refractivity contribution is 4.91. The highest BCUT2D eigenvalue weighted by atomic mass is 17.0. The van der Waals surface area contributed by atoms with Gasteiger partial charge in [-0.1, -0.05) is 0 Å². The fraction of sp³-hybridized carbons (Fsp3) is 1.00. The van der Waals surface area contributed by atoms with Crippen LogP contribution in [-0.4, -0.2) is 36.6 Å². The molecule has 0 aromatic heterocycles. The molecule has 0 aliphatic carbocycles. The minimum Gasteiger partial charge on any atom is -0.375 e. The zero-order valence-electron chi connectivity index (χ0n) is 7.92. The summed E-state index contributed by atoms with van der Waals surface area (Å²) in [6.07, 6.45) is 0.507. The number of rotatable bonds is 3. The average Bonchev–Trinajstić information content (AvgIpc) is 2.59. The van der Waals surface area contributed by atoms with Crippen molar-refractivity contribution in [1.82, 2.24) is 0 Å². The molecule has 14 heavy (non-hydrogen) atoms. The fourth-order valence-corrected chi connectivity index (χ4v) is 2.12. The van der Waals surface area contributed by atoms with Crippen LogP contribution in [-0.2, 0) is 14.3 Å². The molecule has 0 aromatic carbocycles. The van der Waals surface area contributed by atoms with Crippen LogP contribution < -0.4 is 0 Å². The monoisotopic (exact) mass is 203 g/mol. The number of hydrogen-bond acceptors (Lipinski definition) is 5. The second-order valence-electron chi connectivity index (χ2n) is 3.69. The zero-order valence-corrected chi connectivity index (χ0v) is 7.92. The first-order valence-electron chi connectivity index (χ1n) is 4.73. The first-order chi connectivity index (χ1) is 6.68. The van der Waals surface area contributed by atoms with Crippen LogP contribution in [0.1, 0.15) is 13.3 Å². The van der Waals surface area contributed by atoms with Crippen molar-refractivity contribution in [3.63, 3.8) is 0 Å². The van der Waals surface area contributed by atoms with Gasteiger partial charge in [0.15, 0.2) is 0 Å². The Morgan fingerprint density at radius 3 is 3.07 bits per heavy atom. The van der Waals surface area contributed by atoms with Gasteiger partial charge in [0.2, 0.25) is 0 Å². The van der Waals surface area contributed by atoms with Gasteiger partial charge < -0.3 is 14.3 Å². The van der Waals surface area contributed by atoms with Crippen LogP contribution in [0.2, 0.25) is 0 Å². The van der Waals surface area contributed by atoms with Gasteiger partial charge in [0.25, 0.3) is 5.09 Å². The van der Waals surface area contributed by atoms with Crippen LogP contribution in [0.25, 0.3) is 0 Å². The molecule has 2 heterocycles. The molecule has 2 aliphatic heterocycles. The molecule has 0 amide bonds. The maximum atomic E-state index is 10.2. The van der Waals surface area contributed by atoms with E-state index in [0.717, 1.165) is 6.42 Å². The molecule has 6 nitrogen and oxygen atoms in total. The molecule has 80 valence electrons. The molecule has 0 aromatic rings. The van der Waals surface area contributed by atoms with Gasteiger partial charge in [-0.05, 0) is 13.3 Å². The predicted molar refractivity (Wildman–Crippen MR) is 45.1 cm³/mol. The lowest BCUT2D eigenvalue weighted by Gasteiger charge is -2.20. The largest absolute Gasteiger partial charge is 0.375 e. The lowest BCUT2D eigenvalue weighted by Crippen LogP contribution is -2.33. The fourth-order valence-electron chi connectivity index (χ4n) is 2.12. The van der Waals surface area contributed by atoms with Gasteiger partial charge in [-0.25, -0.2) is 0 Å². The Balaban J connectivity index is 1.94. The maximum Gasteiger partial charge on any atom is 0.294 e.